The van der Waals surface area contributed by atoms with Gasteiger partial charge in [-0.15, -0.1) is 0 Å². The smallest absolute Gasteiger partial charge is 0.229 e. The molecule has 1 atom stereocenters. The number of hydrogen-bond acceptors (Lipinski definition) is 3. The second-order valence-electron chi connectivity index (χ2n) is 7.07. The Morgan fingerprint density at radius 2 is 1.79 bits per heavy atom. The van der Waals surface area contributed by atoms with Gasteiger partial charge >= 0.3 is 0 Å². The van der Waals surface area contributed by atoms with Gasteiger partial charge in [0.05, 0.1) is 5.92 Å². The first-order chi connectivity index (χ1) is 13.5. The van der Waals surface area contributed by atoms with Crippen molar-refractivity contribution in [2.45, 2.75) is 19.3 Å². The Balaban J connectivity index is 1.40. The molecule has 7 heteroatoms. The number of hydrogen-bond donors (Lipinski definition) is 1. The first-order valence-corrected chi connectivity index (χ1v) is 10.1. The molecular formula is C21H20BrN3O3. The average Bonchev–Trinajstić information content (AvgIpc) is 3.28. The van der Waals surface area contributed by atoms with Gasteiger partial charge in [0.15, 0.2) is 0 Å². The molecule has 4 rings (SSSR count). The van der Waals surface area contributed by atoms with Crippen LogP contribution in [-0.4, -0.2) is 30.8 Å². The molecule has 1 N–H and O–H groups in total. The molecule has 0 saturated carbocycles. The minimum absolute atomic E-state index is 0.0545. The molecule has 0 bridgehead atoms. The molecule has 2 aromatic rings. The van der Waals surface area contributed by atoms with Crippen LogP contribution in [0, 0.1) is 5.92 Å². The standard InChI is InChI=1S/C21H20BrN3O3/c22-15-3-1-4-18(12-15)25-13-14(11-20(25)27)21(28)23-16-6-8-17(9-7-16)24-10-2-5-19(24)26/h1,3-4,6-9,12,14H,2,5,10-11,13H2,(H,23,28). The zero-order valence-corrected chi connectivity index (χ0v) is 16.8. The summed E-state index contributed by atoms with van der Waals surface area (Å²) in [4.78, 5) is 40.2. The second kappa shape index (κ2) is 7.75. The number of rotatable bonds is 4. The fourth-order valence-electron chi connectivity index (χ4n) is 3.67. The first kappa shape index (κ1) is 18.7. The molecule has 2 heterocycles. The van der Waals surface area contributed by atoms with Crippen LogP contribution in [0.2, 0.25) is 0 Å². The van der Waals surface area contributed by atoms with E-state index in [2.05, 4.69) is 21.2 Å². The molecule has 2 aliphatic rings. The van der Waals surface area contributed by atoms with E-state index in [4.69, 9.17) is 0 Å². The molecule has 3 amide bonds. The highest BCUT2D eigenvalue weighted by atomic mass is 79.9. The summed E-state index contributed by atoms with van der Waals surface area (Å²) >= 11 is 3.41. The zero-order valence-electron chi connectivity index (χ0n) is 15.2. The fraction of sp³-hybridized carbons (Fsp3) is 0.286. The van der Waals surface area contributed by atoms with Crippen LogP contribution in [0.4, 0.5) is 17.1 Å². The zero-order chi connectivity index (χ0) is 19.7. The molecule has 28 heavy (non-hydrogen) atoms. The number of benzene rings is 2. The van der Waals surface area contributed by atoms with Gasteiger partial charge in [0, 0.05) is 47.5 Å². The fourth-order valence-corrected chi connectivity index (χ4v) is 4.05. The monoisotopic (exact) mass is 441 g/mol. The molecular weight excluding hydrogens is 422 g/mol. The molecule has 1 unspecified atom stereocenters. The SMILES string of the molecule is O=C(Nc1ccc(N2CCCC2=O)cc1)C1CC(=O)N(c2cccc(Br)c2)C1. The number of amides is 3. The third-order valence-corrected chi connectivity index (χ3v) is 5.63. The molecule has 2 fully saturated rings. The van der Waals surface area contributed by atoms with Crippen LogP contribution in [0.3, 0.4) is 0 Å². The average molecular weight is 442 g/mol. The van der Waals surface area contributed by atoms with E-state index in [0.29, 0.717) is 18.7 Å². The molecule has 2 aliphatic heterocycles. The molecule has 0 spiro atoms. The lowest BCUT2D eigenvalue weighted by Gasteiger charge is -2.18. The third kappa shape index (κ3) is 3.80. The van der Waals surface area contributed by atoms with Gasteiger partial charge in [-0.2, -0.15) is 0 Å². The Bertz CT molecular complexity index is 929. The molecule has 6 nitrogen and oxygen atoms in total. The lowest BCUT2D eigenvalue weighted by atomic mass is 10.1. The molecule has 0 aliphatic carbocycles. The van der Waals surface area contributed by atoms with Crippen molar-refractivity contribution < 1.29 is 14.4 Å². The molecule has 2 aromatic carbocycles. The summed E-state index contributed by atoms with van der Waals surface area (Å²) in [7, 11) is 0. The van der Waals surface area contributed by atoms with E-state index in [1.165, 1.54) is 0 Å². The highest BCUT2D eigenvalue weighted by molar-refractivity contribution is 9.10. The van der Waals surface area contributed by atoms with Crippen LogP contribution in [0.1, 0.15) is 19.3 Å². The second-order valence-corrected chi connectivity index (χ2v) is 7.99. The van der Waals surface area contributed by atoms with Crippen molar-refractivity contribution in [3.8, 4) is 0 Å². The number of carbonyl (C=O) groups excluding carboxylic acids is 3. The molecule has 144 valence electrons. The Kier molecular flexibility index (Phi) is 5.17. The van der Waals surface area contributed by atoms with Crippen molar-refractivity contribution in [1.82, 2.24) is 0 Å². The summed E-state index contributed by atoms with van der Waals surface area (Å²) in [6.45, 7) is 1.10. The van der Waals surface area contributed by atoms with Crippen molar-refractivity contribution in [3.63, 3.8) is 0 Å². The van der Waals surface area contributed by atoms with Crippen LogP contribution >= 0.6 is 15.9 Å². The van der Waals surface area contributed by atoms with Gasteiger partial charge < -0.3 is 15.1 Å². The van der Waals surface area contributed by atoms with Gasteiger partial charge in [0.2, 0.25) is 17.7 Å². The summed E-state index contributed by atoms with van der Waals surface area (Å²) < 4.78 is 0.891. The lowest BCUT2D eigenvalue weighted by molar-refractivity contribution is -0.122. The number of nitrogens with one attached hydrogen (secondary N) is 1. The number of carbonyl (C=O) groups is 3. The van der Waals surface area contributed by atoms with Crippen molar-refractivity contribution in [2.75, 3.05) is 28.2 Å². The number of halogens is 1. The molecule has 0 radical (unpaired) electrons. The minimum Gasteiger partial charge on any atom is -0.326 e. The van der Waals surface area contributed by atoms with Crippen LogP contribution in [0.25, 0.3) is 0 Å². The maximum absolute atomic E-state index is 12.6. The summed E-state index contributed by atoms with van der Waals surface area (Å²) in [6, 6.07) is 14.8. The summed E-state index contributed by atoms with van der Waals surface area (Å²) in [5.41, 5.74) is 2.29. The van der Waals surface area contributed by atoms with Crippen molar-refractivity contribution in [2.24, 2.45) is 5.92 Å². The quantitative estimate of drug-likeness (QED) is 0.788. The number of nitrogens with zero attached hydrogens (tertiary/aromatic N) is 2. The summed E-state index contributed by atoms with van der Waals surface area (Å²) in [6.07, 6.45) is 1.66. The van der Waals surface area contributed by atoms with Crippen LogP contribution in [0.15, 0.2) is 53.0 Å². The predicted molar refractivity (Wildman–Crippen MR) is 111 cm³/mol. The Morgan fingerprint density at radius 3 is 2.46 bits per heavy atom. The van der Waals surface area contributed by atoms with Gasteiger partial charge in [-0.3, -0.25) is 14.4 Å². The van der Waals surface area contributed by atoms with E-state index in [1.807, 2.05) is 36.4 Å². The Morgan fingerprint density at radius 1 is 1.00 bits per heavy atom. The largest absolute Gasteiger partial charge is 0.326 e. The molecule has 0 aromatic heterocycles. The van der Waals surface area contributed by atoms with Gasteiger partial charge in [0.25, 0.3) is 0 Å². The normalized spacial score (nSPS) is 19.4. The highest BCUT2D eigenvalue weighted by Gasteiger charge is 2.35. The minimum atomic E-state index is -0.397. The maximum atomic E-state index is 12.6. The first-order valence-electron chi connectivity index (χ1n) is 9.28. The van der Waals surface area contributed by atoms with E-state index in [1.54, 1.807) is 21.9 Å². The van der Waals surface area contributed by atoms with Crippen molar-refractivity contribution in [1.29, 1.82) is 0 Å². The number of anilines is 3. The maximum Gasteiger partial charge on any atom is 0.229 e. The topological polar surface area (TPSA) is 69.7 Å². The summed E-state index contributed by atoms with van der Waals surface area (Å²) in [5, 5.41) is 2.89. The lowest BCUT2D eigenvalue weighted by Crippen LogP contribution is -2.28. The van der Waals surface area contributed by atoms with Gasteiger partial charge in [-0.25, -0.2) is 0 Å². The highest BCUT2D eigenvalue weighted by Crippen LogP contribution is 2.28. The van der Waals surface area contributed by atoms with E-state index < -0.39 is 5.92 Å². The Labute approximate surface area is 171 Å². The summed E-state index contributed by atoms with van der Waals surface area (Å²) in [5.74, 6) is -0.489. The predicted octanol–water partition coefficient (Wildman–Crippen LogP) is 3.57. The van der Waals surface area contributed by atoms with E-state index >= 15 is 0 Å². The van der Waals surface area contributed by atoms with E-state index in [0.717, 1.165) is 28.8 Å². The van der Waals surface area contributed by atoms with Crippen molar-refractivity contribution >= 4 is 50.7 Å². The van der Waals surface area contributed by atoms with Gasteiger partial charge in [-0.1, -0.05) is 22.0 Å². The van der Waals surface area contributed by atoms with E-state index in [9.17, 15) is 14.4 Å². The van der Waals surface area contributed by atoms with Crippen LogP contribution < -0.4 is 15.1 Å². The third-order valence-electron chi connectivity index (χ3n) is 5.14. The van der Waals surface area contributed by atoms with Crippen molar-refractivity contribution in [3.05, 3.63) is 53.0 Å². The van der Waals surface area contributed by atoms with Crippen LogP contribution in [-0.2, 0) is 14.4 Å². The van der Waals surface area contributed by atoms with Gasteiger partial charge in [-0.05, 0) is 48.9 Å². The van der Waals surface area contributed by atoms with Crippen LogP contribution in [0.5, 0.6) is 0 Å². The molecule has 2 saturated heterocycles. The van der Waals surface area contributed by atoms with Gasteiger partial charge in [0.1, 0.15) is 0 Å². The van der Waals surface area contributed by atoms with E-state index in [-0.39, 0.29) is 24.1 Å². The Hall–Kier alpha value is -2.67.